The molecule has 0 saturated carbocycles. The summed E-state index contributed by atoms with van der Waals surface area (Å²) in [4.78, 5) is 0. The highest BCUT2D eigenvalue weighted by molar-refractivity contribution is 6.30. The highest BCUT2D eigenvalue weighted by Crippen LogP contribution is 2.26. The third-order valence-corrected chi connectivity index (χ3v) is 4.57. The lowest BCUT2D eigenvalue weighted by atomic mass is 10.2. The van der Waals surface area contributed by atoms with Crippen molar-refractivity contribution in [3.63, 3.8) is 0 Å². The quantitative estimate of drug-likeness (QED) is 0.343. The largest absolute Gasteiger partial charge is 0.459 e. The van der Waals surface area contributed by atoms with Crippen molar-refractivity contribution < 1.29 is 13.6 Å². The Morgan fingerprint density at radius 1 is 0.556 bits per heavy atom. The summed E-state index contributed by atoms with van der Waals surface area (Å²) in [7, 11) is 0. The van der Waals surface area contributed by atoms with Crippen LogP contribution < -0.4 is 0 Å². The Kier molecular flexibility index (Phi) is 5.35. The van der Waals surface area contributed by atoms with Gasteiger partial charge < -0.3 is 13.6 Å². The van der Waals surface area contributed by atoms with E-state index in [0.29, 0.717) is 23.3 Å². The molecular weight excluding hydrogens is 383 g/mol. The van der Waals surface area contributed by atoms with Crippen LogP contribution in [0.2, 0.25) is 10.0 Å². The highest BCUT2D eigenvalue weighted by Gasteiger charge is 2.08. The summed E-state index contributed by atoms with van der Waals surface area (Å²) in [5, 5.41) is 1.40. The maximum Gasteiger partial charge on any atom is 0.134 e. The van der Waals surface area contributed by atoms with Gasteiger partial charge in [0, 0.05) is 21.2 Å². The van der Waals surface area contributed by atoms with Crippen LogP contribution in [0.1, 0.15) is 11.5 Å². The topological polar surface area (TPSA) is 35.5 Å². The molecule has 0 unspecified atom stereocenters. The fourth-order valence-corrected chi connectivity index (χ4v) is 2.95. The van der Waals surface area contributed by atoms with Crippen molar-refractivity contribution in [2.24, 2.45) is 0 Å². The molecule has 4 aromatic rings. The normalized spacial score (nSPS) is 11.0. The lowest BCUT2D eigenvalue weighted by Crippen LogP contribution is -1.91. The Morgan fingerprint density at radius 3 is 1.37 bits per heavy atom. The number of furan rings is 2. The van der Waals surface area contributed by atoms with Crippen LogP contribution in [0, 0.1) is 0 Å². The van der Waals surface area contributed by atoms with Gasteiger partial charge in [-0.3, -0.25) is 0 Å². The van der Waals surface area contributed by atoms with Crippen molar-refractivity contribution in [1.82, 2.24) is 0 Å². The number of hydrogen-bond acceptors (Lipinski definition) is 3. The molecule has 5 heteroatoms. The number of halogens is 2. The summed E-state index contributed by atoms with van der Waals surface area (Å²) < 4.78 is 17.4. The minimum Gasteiger partial charge on any atom is -0.459 e. The summed E-state index contributed by atoms with van der Waals surface area (Å²) in [6.45, 7) is 0.731. The van der Waals surface area contributed by atoms with Gasteiger partial charge in [0.1, 0.15) is 36.3 Å². The van der Waals surface area contributed by atoms with Crippen LogP contribution in [-0.2, 0) is 18.0 Å². The van der Waals surface area contributed by atoms with Crippen molar-refractivity contribution in [1.29, 1.82) is 0 Å². The first kappa shape index (κ1) is 17.9. The Bertz CT molecular complexity index is 931. The van der Waals surface area contributed by atoms with E-state index in [1.807, 2.05) is 72.8 Å². The van der Waals surface area contributed by atoms with Crippen molar-refractivity contribution >= 4 is 23.2 Å². The second kappa shape index (κ2) is 8.05. The predicted molar refractivity (Wildman–Crippen MR) is 107 cm³/mol. The van der Waals surface area contributed by atoms with Crippen LogP contribution in [-0.4, -0.2) is 0 Å². The van der Waals surface area contributed by atoms with Gasteiger partial charge in [0.05, 0.1) is 0 Å². The van der Waals surface area contributed by atoms with Crippen molar-refractivity contribution in [2.45, 2.75) is 13.2 Å². The van der Waals surface area contributed by atoms with Gasteiger partial charge in [0.15, 0.2) is 0 Å². The average molecular weight is 399 g/mol. The molecule has 0 fully saturated rings. The monoisotopic (exact) mass is 398 g/mol. The second-order valence-electron chi connectivity index (χ2n) is 6.04. The van der Waals surface area contributed by atoms with Crippen LogP contribution >= 0.6 is 23.2 Å². The highest BCUT2D eigenvalue weighted by atomic mass is 35.5. The molecule has 27 heavy (non-hydrogen) atoms. The molecule has 136 valence electrons. The molecule has 0 saturated heterocycles. The van der Waals surface area contributed by atoms with Gasteiger partial charge >= 0.3 is 0 Å². The smallest absolute Gasteiger partial charge is 0.134 e. The lowest BCUT2D eigenvalue weighted by Gasteiger charge is -2.01. The van der Waals surface area contributed by atoms with Gasteiger partial charge in [-0.15, -0.1) is 0 Å². The molecule has 0 radical (unpaired) electrons. The molecule has 0 atom stereocenters. The molecule has 0 amide bonds. The van der Waals surface area contributed by atoms with Gasteiger partial charge in [-0.2, -0.15) is 0 Å². The van der Waals surface area contributed by atoms with Crippen LogP contribution in [0.5, 0.6) is 0 Å². The number of hydrogen-bond donors (Lipinski definition) is 0. The van der Waals surface area contributed by atoms with E-state index in [0.717, 1.165) is 34.2 Å². The van der Waals surface area contributed by atoms with E-state index in [2.05, 4.69) is 0 Å². The van der Waals surface area contributed by atoms with Crippen LogP contribution in [0.3, 0.4) is 0 Å². The minimum absolute atomic E-state index is 0.366. The molecule has 2 aromatic carbocycles. The van der Waals surface area contributed by atoms with E-state index < -0.39 is 0 Å². The van der Waals surface area contributed by atoms with Crippen molar-refractivity contribution in [3.05, 3.63) is 94.4 Å². The molecule has 2 heterocycles. The number of benzene rings is 2. The fraction of sp³-hybridized carbons (Fsp3) is 0.0909. The zero-order valence-corrected chi connectivity index (χ0v) is 15.8. The Labute approximate surface area is 167 Å². The molecule has 4 rings (SSSR count). The zero-order chi connectivity index (χ0) is 18.6. The number of rotatable bonds is 6. The maximum atomic E-state index is 5.91. The molecule has 2 aromatic heterocycles. The van der Waals surface area contributed by atoms with Gasteiger partial charge in [0.25, 0.3) is 0 Å². The van der Waals surface area contributed by atoms with Gasteiger partial charge in [-0.25, -0.2) is 0 Å². The van der Waals surface area contributed by atoms with Crippen LogP contribution in [0.4, 0.5) is 0 Å². The predicted octanol–water partition coefficient (Wildman–Crippen LogP) is 7.23. The third-order valence-electron chi connectivity index (χ3n) is 4.07. The van der Waals surface area contributed by atoms with E-state index in [1.54, 1.807) is 0 Å². The molecule has 0 aliphatic heterocycles. The van der Waals surface area contributed by atoms with Gasteiger partial charge in [-0.05, 0) is 72.8 Å². The molecule has 0 aliphatic rings. The van der Waals surface area contributed by atoms with E-state index in [1.165, 1.54) is 0 Å². The SMILES string of the molecule is Clc1ccc(-c2ccc(COCc3ccc(-c4ccc(Cl)cc4)o3)o2)cc1. The standard InChI is InChI=1S/C22H16Cl2O3/c23-17-5-1-15(2-6-17)21-11-9-19(26-21)13-25-14-20-10-12-22(27-20)16-3-7-18(24)8-4-16/h1-12H,13-14H2. The van der Waals surface area contributed by atoms with Crippen molar-refractivity contribution in [3.8, 4) is 22.6 Å². The van der Waals surface area contributed by atoms with Crippen molar-refractivity contribution in [2.75, 3.05) is 0 Å². The van der Waals surface area contributed by atoms with E-state index >= 15 is 0 Å². The first-order chi connectivity index (χ1) is 13.2. The lowest BCUT2D eigenvalue weighted by molar-refractivity contribution is 0.0811. The Morgan fingerprint density at radius 2 is 0.963 bits per heavy atom. The molecular formula is C22H16Cl2O3. The molecule has 0 spiro atoms. The molecule has 0 bridgehead atoms. The van der Waals surface area contributed by atoms with E-state index in [-0.39, 0.29) is 0 Å². The second-order valence-corrected chi connectivity index (χ2v) is 6.91. The van der Waals surface area contributed by atoms with Crippen LogP contribution in [0.25, 0.3) is 22.6 Å². The molecule has 0 aliphatic carbocycles. The Hall–Kier alpha value is -2.46. The zero-order valence-electron chi connectivity index (χ0n) is 14.3. The fourth-order valence-electron chi connectivity index (χ4n) is 2.70. The summed E-state index contributed by atoms with van der Waals surface area (Å²) in [5.41, 5.74) is 1.95. The van der Waals surface area contributed by atoms with Gasteiger partial charge in [-0.1, -0.05) is 23.2 Å². The average Bonchev–Trinajstić information content (AvgIpc) is 3.33. The third kappa shape index (κ3) is 4.45. The van der Waals surface area contributed by atoms with Crippen LogP contribution in [0.15, 0.2) is 81.6 Å². The first-order valence-corrected chi connectivity index (χ1v) is 9.20. The summed E-state index contributed by atoms with van der Waals surface area (Å²) in [6, 6.07) is 22.7. The minimum atomic E-state index is 0.366. The molecule has 0 N–H and O–H groups in total. The molecule has 3 nitrogen and oxygen atoms in total. The summed E-state index contributed by atoms with van der Waals surface area (Å²) >= 11 is 11.8. The van der Waals surface area contributed by atoms with E-state index in [4.69, 9.17) is 36.8 Å². The maximum absolute atomic E-state index is 5.91. The summed E-state index contributed by atoms with van der Waals surface area (Å²) in [5.74, 6) is 3.08. The number of ether oxygens (including phenoxy) is 1. The first-order valence-electron chi connectivity index (χ1n) is 8.44. The van der Waals surface area contributed by atoms with E-state index in [9.17, 15) is 0 Å². The summed E-state index contributed by atoms with van der Waals surface area (Å²) in [6.07, 6.45) is 0. The van der Waals surface area contributed by atoms with Gasteiger partial charge in [0.2, 0.25) is 0 Å². The Balaban J connectivity index is 1.34.